The van der Waals surface area contributed by atoms with Gasteiger partial charge >= 0.3 is 0 Å². The highest BCUT2D eigenvalue weighted by molar-refractivity contribution is 7.94. The lowest BCUT2D eigenvalue weighted by molar-refractivity contribution is 0.602. The maximum Gasteiger partial charge on any atom is 0.273 e. The van der Waals surface area contributed by atoms with Crippen molar-refractivity contribution in [1.82, 2.24) is 20.5 Å². The number of hydrogen-bond donors (Lipinski definition) is 2. The molecule has 2 heterocycles. The Morgan fingerprint density at radius 3 is 2.86 bits per heavy atom. The maximum absolute atomic E-state index is 12.3. The number of thiophene rings is 1. The van der Waals surface area contributed by atoms with Crippen molar-refractivity contribution >= 4 is 27.3 Å². The Kier molecular flexibility index (Phi) is 3.87. The van der Waals surface area contributed by atoms with Gasteiger partial charge in [-0.3, -0.25) is 0 Å². The smallest absolute Gasteiger partial charge is 0.273 e. The zero-order valence-electron chi connectivity index (χ0n) is 11.4. The van der Waals surface area contributed by atoms with Gasteiger partial charge in [-0.1, -0.05) is 0 Å². The number of nitrogens with one attached hydrogen (secondary N) is 2. The minimum Gasteiger partial charge on any atom is -0.309 e. The third-order valence-corrected chi connectivity index (χ3v) is 6.14. The Morgan fingerprint density at radius 1 is 1.38 bits per heavy atom. The van der Waals surface area contributed by atoms with Crippen LogP contribution in [0.25, 0.3) is 0 Å². The van der Waals surface area contributed by atoms with Gasteiger partial charge in [0.1, 0.15) is 4.21 Å². The summed E-state index contributed by atoms with van der Waals surface area (Å²) in [6.07, 6.45) is 5.18. The van der Waals surface area contributed by atoms with Crippen LogP contribution in [0.15, 0.2) is 22.7 Å². The Morgan fingerprint density at radius 2 is 2.19 bits per heavy atom. The second-order valence-corrected chi connectivity index (χ2v) is 7.94. The largest absolute Gasteiger partial charge is 0.309 e. The molecule has 1 aliphatic rings. The first-order valence-electron chi connectivity index (χ1n) is 6.54. The fourth-order valence-corrected chi connectivity index (χ4v) is 4.27. The number of sulfonamides is 1. The van der Waals surface area contributed by atoms with Crippen molar-refractivity contribution in [2.45, 2.75) is 36.6 Å². The lowest BCUT2D eigenvalue weighted by atomic mass is 10.3. The highest BCUT2D eigenvalue weighted by Crippen LogP contribution is 2.28. The predicted octanol–water partition coefficient (Wildman–Crippen LogP) is 1.29. The summed E-state index contributed by atoms with van der Waals surface area (Å²) in [5, 5.41) is 10.6. The number of anilines is 1. The quantitative estimate of drug-likeness (QED) is 0.831. The summed E-state index contributed by atoms with van der Waals surface area (Å²) in [6.45, 7) is 2.63. The van der Waals surface area contributed by atoms with E-state index in [-0.39, 0.29) is 10.2 Å². The lowest BCUT2D eigenvalue weighted by Crippen LogP contribution is -2.15. The first-order chi connectivity index (χ1) is 10.0. The molecule has 1 saturated carbocycles. The Balaban J connectivity index is 1.76. The van der Waals surface area contributed by atoms with Gasteiger partial charge < -0.3 is 5.32 Å². The van der Waals surface area contributed by atoms with Gasteiger partial charge in [0.2, 0.25) is 0 Å². The molecule has 2 aromatic heterocycles. The molecule has 1 fully saturated rings. The van der Waals surface area contributed by atoms with Crippen LogP contribution in [0.3, 0.4) is 0 Å². The van der Waals surface area contributed by atoms with Crippen LogP contribution in [0.5, 0.6) is 0 Å². The zero-order chi connectivity index (χ0) is 14.9. The minimum absolute atomic E-state index is 0.0267. The minimum atomic E-state index is -3.66. The highest BCUT2D eigenvalue weighted by atomic mass is 32.2. The van der Waals surface area contributed by atoms with Crippen LogP contribution in [-0.2, 0) is 16.6 Å². The Labute approximate surface area is 126 Å². The van der Waals surface area contributed by atoms with Crippen LogP contribution in [0.1, 0.15) is 23.3 Å². The summed E-state index contributed by atoms with van der Waals surface area (Å²) in [5.74, 6) is -0.0267. The molecule has 2 aromatic rings. The predicted molar refractivity (Wildman–Crippen MR) is 79.6 cm³/mol. The van der Waals surface area contributed by atoms with E-state index < -0.39 is 10.0 Å². The van der Waals surface area contributed by atoms with Gasteiger partial charge in [0.25, 0.3) is 16.0 Å². The highest BCUT2D eigenvalue weighted by Gasteiger charge is 2.23. The van der Waals surface area contributed by atoms with Crippen molar-refractivity contribution in [1.29, 1.82) is 0 Å². The van der Waals surface area contributed by atoms with E-state index in [0.717, 1.165) is 10.4 Å². The number of aromatic nitrogens is 3. The second kappa shape index (κ2) is 5.66. The molecule has 2 N–H and O–H groups in total. The standard InChI is InChI=1S/C12H15N5O2S2/c1-8-6-11(20-10(8)7-14-9-2-3-9)21(18,19)17-12-13-4-5-15-16-12/h4-6,9,14H,2-3,7H2,1H3,(H,13,16,17). The molecule has 0 saturated heterocycles. The van der Waals surface area contributed by atoms with E-state index in [1.807, 2.05) is 6.92 Å². The van der Waals surface area contributed by atoms with Gasteiger partial charge in [0, 0.05) is 17.5 Å². The fraction of sp³-hybridized carbons (Fsp3) is 0.417. The molecule has 7 nitrogen and oxygen atoms in total. The average molecular weight is 325 g/mol. The molecule has 0 aromatic carbocycles. The molecule has 1 aliphatic carbocycles. The molecule has 0 bridgehead atoms. The fourth-order valence-electron chi connectivity index (χ4n) is 1.79. The number of aryl methyl sites for hydroxylation is 1. The first-order valence-corrected chi connectivity index (χ1v) is 8.84. The van der Waals surface area contributed by atoms with Crippen molar-refractivity contribution in [3.63, 3.8) is 0 Å². The molecular weight excluding hydrogens is 310 g/mol. The summed E-state index contributed by atoms with van der Waals surface area (Å²) < 4.78 is 27.2. The topological polar surface area (TPSA) is 96.9 Å². The van der Waals surface area contributed by atoms with E-state index in [4.69, 9.17) is 0 Å². The molecule has 21 heavy (non-hydrogen) atoms. The van der Waals surface area contributed by atoms with Gasteiger partial charge in [-0.05, 0) is 31.4 Å². The van der Waals surface area contributed by atoms with Gasteiger partial charge in [-0.25, -0.2) is 18.1 Å². The van der Waals surface area contributed by atoms with E-state index in [1.165, 1.54) is 36.6 Å². The third kappa shape index (κ3) is 3.55. The van der Waals surface area contributed by atoms with Crippen molar-refractivity contribution in [3.05, 3.63) is 28.9 Å². The zero-order valence-corrected chi connectivity index (χ0v) is 13.0. The average Bonchev–Trinajstić information content (AvgIpc) is 3.20. The molecule has 0 spiro atoms. The lowest BCUT2D eigenvalue weighted by Gasteiger charge is -2.03. The second-order valence-electron chi connectivity index (χ2n) is 4.90. The summed E-state index contributed by atoms with van der Waals surface area (Å²) in [7, 11) is -3.66. The molecule has 3 rings (SSSR count). The van der Waals surface area contributed by atoms with Crippen LogP contribution < -0.4 is 10.0 Å². The van der Waals surface area contributed by atoms with Crippen molar-refractivity contribution in [2.75, 3.05) is 4.72 Å². The van der Waals surface area contributed by atoms with Crippen LogP contribution in [0, 0.1) is 6.92 Å². The van der Waals surface area contributed by atoms with Gasteiger partial charge in [0.05, 0.1) is 12.4 Å². The first kappa shape index (κ1) is 14.4. The summed E-state index contributed by atoms with van der Waals surface area (Å²) in [4.78, 5) is 4.85. The van der Waals surface area contributed by atoms with Crippen LogP contribution >= 0.6 is 11.3 Å². The maximum atomic E-state index is 12.3. The van der Waals surface area contributed by atoms with Crippen LogP contribution in [0.4, 0.5) is 5.95 Å². The molecule has 0 unspecified atom stereocenters. The van der Waals surface area contributed by atoms with E-state index in [2.05, 4.69) is 25.2 Å². The monoisotopic (exact) mass is 325 g/mol. The van der Waals surface area contributed by atoms with Gasteiger partial charge in [-0.15, -0.1) is 16.4 Å². The van der Waals surface area contributed by atoms with Crippen molar-refractivity contribution in [3.8, 4) is 0 Å². The Hall–Kier alpha value is -1.58. The number of hydrogen-bond acceptors (Lipinski definition) is 7. The molecular formula is C12H15N5O2S2. The number of nitrogens with zero attached hydrogens (tertiary/aromatic N) is 3. The molecule has 0 atom stereocenters. The molecule has 0 radical (unpaired) electrons. The number of rotatable bonds is 6. The van der Waals surface area contributed by atoms with Crippen molar-refractivity contribution < 1.29 is 8.42 Å². The van der Waals surface area contributed by atoms with Gasteiger partial charge in [0.15, 0.2) is 0 Å². The normalized spacial score (nSPS) is 15.1. The van der Waals surface area contributed by atoms with E-state index >= 15 is 0 Å². The van der Waals surface area contributed by atoms with Crippen LogP contribution in [-0.4, -0.2) is 29.6 Å². The summed E-state index contributed by atoms with van der Waals surface area (Å²) >= 11 is 1.27. The summed E-state index contributed by atoms with van der Waals surface area (Å²) in [5.41, 5.74) is 0.973. The molecule has 0 amide bonds. The van der Waals surface area contributed by atoms with Crippen LogP contribution in [0.2, 0.25) is 0 Å². The molecule has 0 aliphatic heterocycles. The van der Waals surface area contributed by atoms with E-state index in [1.54, 1.807) is 6.07 Å². The molecule has 9 heteroatoms. The summed E-state index contributed by atoms with van der Waals surface area (Å²) in [6, 6.07) is 2.27. The van der Waals surface area contributed by atoms with Gasteiger partial charge in [-0.2, -0.15) is 5.10 Å². The third-order valence-electron chi connectivity index (χ3n) is 3.10. The van der Waals surface area contributed by atoms with Crippen molar-refractivity contribution in [2.24, 2.45) is 0 Å². The SMILES string of the molecule is Cc1cc(S(=O)(=O)Nc2nccnn2)sc1CNC1CC1. The molecule has 112 valence electrons. The van der Waals surface area contributed by atoms with E-state index in [9.17, 15) is 8.42 Å². The Bertz CT molecular complexity index is 725. The van der Waals surface area contributed by atoms with E-state index in [0.29, 0.717) is 12.6 Å².